The summed E-state index contributed by atoms with van der Waals surface area (Å²) in [7, 11) is 1.80. The fourth-order valence-corrected chi connectivity index (χ4v) is 1.47. The lowest BCUT2D eigenvalue weighted by Crippen LogP contribution is -2.03. The standard InChI is InChI=1S/C12H12N2O/c1-9-4-3-5-10(8-9)12(15)11-6-7-14(2)13-11/h3-8H,1-2H3. The molecule has 1 aromatic carbocycles. The molecule has 0 aliphatic heterocycles. The van der Waals surface area contributed by atoms with Crippen LogP contribution in [0.5, 0.6) is 0 Å². The highest BCUT2D eigenvalue weighted by Crippen LogP contribution is 2.09. The monoisotopic (exact) mass is 200 g/mol. The summed E-state index contributed by atoms with van der Waals surface area (Å²) < 4.78 is 1.63. The molecule has 0 saturated heterocycles. The third-order valence-corrected chi connectivity index (χ3v) is 2.23. The van der Waals surface area contributed by atoms with Crippen LogP contribution in [0.3, 0.4) is 0 Å². The Bertz CT molecular complexity index is 500. The molecule has 3 nitrogen and oxygen atoms in total. The molecule has 0 amide bonds. The van der Waals surface area contributed by atoms with Gasteiger partial charge in [0.25, 0.3) is 0 Å². The summed E-state index contributed by atoms with van der Waals surface area (Å²) in [5, 5.41) is 4.08. The van der Waals surface area contributed by atoms with Gasteiger partial charge < -0.3 is 0 Å². The Kier molecular flexibility index (Phi) is 2.37. The first kappa shape index (κ1) is 9.65. The fraction of sp³-hybridized carbons (Fsp3) is 0.167. The number of carbonyl (C=O) groups excluding carboxylic acids is 1. The highest BCUT2D eigenvalue weighted by molar-refractivity contribution is 6.07. The maximum Gasteiger partial charge on any atom is 0.213 e. The number of hydrogen-bond acceptors (Lipinski definition) is 2. The Labute approximate surface area is 88.4 Å². The molecule has 0 bridgehead atoms. The van der Waals surface area contributed by atoms with Crippen molar-refractivity contribution < 1.29 is 4.79 Å². The van der Waals surface area contributed by atoms with E-state index in [1.54, 1.807) is 24.0 Å². The zero-order valence-electron chi connectivity index (χ0n) is 8.77. The third kappa shape index (κ3) is 1.96. The van der Waals surface area contributed by atoms with Crippen LogP contribution < -0.4 is 0 Å². The predicted octanol–water partition coefficient (Wildman–Crippen LogP) is 1.96. The Balaban J connectivity index is 2.36. The molecule has 0 radical (unpaired) electrons. The smallest absolute Gasteiger partial charge is 0.213 e. The van der Waals surface area contributed by atoms with Crippen LogP contribution in [-0.4, -0.2) is 15.6 Å². The van der Waals surface area contributed by atoms with E-state index in [2.05, 4.69) is 5.10 Å². The molecule has 2 rings (SSSR count). The molecule has 0 aliphatic carbocycles. The fourth-order valence-electron chi connectivity index (χ4n) is 1.47. The quantitative estimate of drug-likeness (QED) is 0.694. The van der Waals surface area contributed by atoms with Crippen molar-refractivity contribution in [2.75, 3.05) is 0 Å². The average molecular weight is 200 g/mol. The number of benzene rings is 1. The van der Waals surface area contributed by atoms with Crippen LogP contribution in [0.25, 0.3) is 0 Å². The minimum absolute atomic E-state index is 0.0284. The van der Waals surface area contributed by atoms with Crippen LogP contribution in [0, 0.1) is 6.92 Å². The molecule has 0 fully saturated rings. The molecule has 0 aliphatic rings. The zero-order valence-corrected chi connectivity index (χ0v) is 8.77. The van der Waals surface area contributed by atoms with Gasteiger partial charge in [-0.05, 0) is 19.1 Å². The second-order valence-electron chi connectivity index (χ2n) is 3.57. The Morgan fingerprint density at radius 1 is 1.33 bits per heavy atom. The first-order chi connectivity index (χ1) is 7.16. The minimum atomic E-state index is -0.0284. The minimum Gasteiger partial charge on any atom is -0.287 e. The summed E-state index contributed by atoms with van der Waals surface area (Å²) in [6.45, 7) is 1.97. The number of rotatable bonds is 2. The summed E-state index contributed by atoms with van der Waals surface area (Å²) in [5.74, 6) is -0.0284. The molecule has 0 unspecified atom stereocenters. The van der Waals surface area contributed by atoms with Crippen LogP contribution in [0.1, 0.15) is 21.6 Å². The Morgan fingerprint density at radius 3 is 2.73 bits per heavy atom. The molecule has 3 heteroatoms. The van der Waals surface area contributed by atoms with Gasteiger partial charge in [0.05, 0.1) is 0 Å². The van der Waals surface area contributed by atoms with Crippen LogP contribution in [-0.2, 0) is 7.05 Å². The van der Waals surface area contributed by atoms with E-state index in [-0.39, 0.29) is 5.78 Å². The van der Waals surface area contributed by atoms with E-state index in [1.807, 2.05) is 31.2 Å². The maximum atomic E-state index is 11.9. The SMILES string of the molecule is Cc1cccc(C(=O)c2ccn(C)n2)c1. The molecule has 76 valence electrons. The molecule has 0 saturated carbocycles. The number of hydrogen-bond donors (Lipinski definition) is 0. The second kappa shape index (κ2) is 3.69. The largest absolute Gasteiger partial charge is 0.287 e. The topological polar surface area (TPSA) is 34.9 Å². The van der Waals surface area contributed by atoms with Gasteiger partial charge in [0.2, 0.25) is 5.78 Å². The molecule has 15 heavy (non-hydrogen) atoms. The molecule has 0 atom stereocenters. The summed E-state index contributed by atoms with van der Waals surface area (Å²) in [6.07, 6.45) is 1.77. The number of carbonyl (C=O) groups is 1. The van der Waals surface area contributed by atoms with Crippen molar-refractivity contribution in [1.29, 1.82) is 0 Å². The van der Waals surface area contributed by atoms with Crippen LogP contribution in [0.15, 0.2) is 36.5 Å². The van der Waals surface area contributed by atoms with Crippen molar-refractivity contribution in [2.24, 2.45) is 7.05 Å². The van der Waals surface area contributed by atoms with Gasteiger partial charge in [-0.2, -0.15) is 5.10 Å². The van der Waals surface area contributed by atoms with Gasteiger partial charge in [-0.15, -0.1) is 0 Å². The third-order valence-electron chi connectivity index (χ3n) is 2.23. The van der Waals surface area contributed by atoms with E-state index in [4.69, 9.17) is 0 Å². The Hall–Kier alpha value is -1.90. The van der Waals surface area contributed by atoms with E-state index in [0.29, 0.717) is 11.3 Å². The maximum absolute atomic E-state index is 11.9. The van der Waals surface area contributed by atoms with Crippen molar-refractivity contribution >= 4 is 5.78 Å². The summed E-state index contributed by atoms with van der Waals surface area (Å²) >= 11 is 0. The van der Waals surface area contributed by atoms with Gasteiger partial charge in [0.1, 0.15) is 5.69 Å². The average Bonchev–Trinajstić information content (AvgIpc) is 2.64. The molecule has 1 heterocycles. The lowest BCUT2D eigenvalue weighted by atomic mass is 10.1. The van der Waals surface area contributed by atoms with Crippen molar-refractivity contribution in [3.63, 3.8) is 0 Å². The highest BCUT2D eigenvalue weighted by atomic mass is 16.1. The van der Waals surface area contributed by atoms with Crippen LogP contribution >= 0.6 is 0 Å². The van der Waals surface area contributed by atoms with E-state index in [1.165, 1.54) is 0 Å². The van der Waals surface area contributed by atoms with Gasteiger partial charge >= 0.3 is 0 Å². The van der Waals surface area contributed by atoms with Crippen molar-refractivity contribution in [3.05, 3.63) is 53.3 Å². The van der Waals surface area contributed by atoms with Crippen molar-refractivity contribution in [3.8, 4) is 0 Å². The second-order valence-corrected chi connectivity index (χ2v) is 3.57. The van der Waals surface area contributed by atoms with Crippen LogP contribution in [0.2, 0.25) is 0 Å². The number of aryl methyl sites for hydroxylation is 2. The molecule has 0 N–H and O–H groups in total. The number of aromatic nitrogens is 2. The van der Waals surface area contributed by atoms with E-state index in [0.717, 1.165) is 5.56 Å². The highest BCUT2D eigenvalue weighted by Gasteiger charge is 2.11. The van der Waals surface area contributed by atoms with Crippen molar-refractivity contribution in [2.45, 2.75) is 6.92 Å². The predicted molar refractivity (Wildman–Crippen MR) is 57.8 cm³/mol. The summed E-state index contributed by atoms with van der Waals surface area (Å²) in [5.41, 5.74) is 2.26. The van der Waals surface area contributed by atoms with Gasteiger partial charge in [-0.3, -0.25) is 9.48 Å². The normalized spacial score (nSPS) is 10.3. The molecular formula is C12H12N2O. The van der Waals surface area contributed by atoms with Crippen LogP contribution in [0.4, 0.5) is 0 Å². The van der Waals surface area contributed by atoms with Gasteiger partial charge in [0, 0.05) is 18.8 Å². The van der Waals surface area contributed by atoms with E-state index in [9.17, 15) is 4.79 Å². The van der Waals surface area contributed by atoms with E-state index < -0.39 is 0 Å². The number of ketones is 1. The lowest BCUT2D eigenvalue weighted by molar-refractivity contribution is 0.103. The Morgan fingerprint density at radius 2 is 2.13 bits per heavy atom. The molecular weight excluding hydrogens is 188 g/mol. The summed E-state index contributed by atoms with van der Waals surface area (Å²) in [6, 6.07) is 9.26. The first-order valence-corrected chi connectivity index (χ1v) is 4.78. The van der Waals surface area contributed by atoms with Gasteiger partial charge in [0.15, 0.2) is 0 Å². The van der Waals surface area contributed by atoms with Gasteiger partial charge in [-0.25, -0.2) is 0 Å². The molecule has 1 aromatic heterocycles. The lowest BCUT2D eigenvalue weighted by Gasteiger charge is -1.98. The molecule has 2 aromatic rings. The number of nitrogens with zero attached hydrogens (tertiary/aromatic N) is 2. The molecule has 0 spiro atoms. The van der Waals surface area contributed by atoms with Crippen molar-refractivity contribution in [1.82, 2.24) is 9.78 Å². The van der Waals surface area contributed by atoms with Gasteiger partial charge in [-0.1, -0.05) is 23.8 Å². The summed E-state index contributed by atoms with van der Waals surface area (Å²) in [4.78, 5) is 11.9. The zero-order chi connectivity index (χ0) is 10.8. The first-order valence-electron chi connectivity index (χ1n) is 4.78. The van der Waals surface area contributed by atoms with E-state index >= 15 is 0 Å².